The van der Waals surface area contributed by atoms with Crippen molar-refractivity contribution in [2.45, 2.75) is 19.3 Å². The minimum Gasteiger partial charge on any atom is -0.484 e. The molecule has 4 nitrogen and oxygen atoms in total. The lowest BCUT2D eigenvalue weighted by atomic mass is 10.0. The minimum atomic E-state index is -0.215. The fourth-order valence-corrected chi connectivity index (χ4v) is 2.19. The van der Waals surface area contributed by atoms with E-state index in [0.717, 1.165) is 23.7 Å². The van der Waals surface area contributed by atoms with Gasteiger partial charge in [0.05, 0.1) is 0 Å². The van der Waals surface area contributed by atoms with Crippen LogP contribution in [0.5, 0.6) is 5.75 Å². The van der Waals surface area contributed by atoms with Crippen LogP contribution in [0.25, 0.3) is 0 Å². The Balaban J connectivity index is 1.69. The lowest BCUT2D eigenvalue weighted by Gasteiger charge is -2.10. The zero-order valence-corrected chi connectivity index (χ0v) is 12.7. The average molecular weight is 337 g/mol. The number of carbonyl (C=O) groups excluding carboxylic acids is 1. The van der Waals surface area contributed by atoms with Gasteiger partial charge in [0.25, 0.3) is 5.91 Å². The quantitative estimate of drug-likeness (QED) is 0.641. The van der Waals surface area contributed by atoms with Gasteiger partial charge in [-0.1, -0.05) is 34.1 Å². The first-order valence-electron chi connectivity index (χ1n) is 6.50. The van der Waals surface area contributed by atoms with Crippen LogP contribution in [0.2, 0.25) is 0 Å². The van der Waals surface area contributed by atoms with E-state index < -0.39 is 0 Å². The molecule has 106 valence electrons. The van der Waals surface area contributed by atoms with E-state index in [1.54, 1.807) is 0 Å². The van der Waals surface area contributed by atoms with Gasteiger partial charge in [0.15, 0.2) is 6.61 Å². The molecule has 1 aromatic carbocycles. The van der Waals surface area contributed by atoms with Gasteiger partial charge in [0, 0.05) is 10.7 Å². The minimum absolute atomic E-state index is 0.0213. The van der Waals surface area contributed by atoms with Crippen molar-refractivity contribution in [3.05, 3.63) is 52.7 Å². The number of hydrogen-bond acceptors (Lipinski definition) is 3. The molecule has 1 aromatic rings. The Morgan fingerprint density at radius 1 is 1.40 bits per heavy atom. The van der Waals surface area contributed by atoms with E-state index in [4.69, 9.17) is 4.74 Å². The van der Waals surface area contributed by atoms with E-state index in [1.807, 2.05) is 30.5 Å². The molecule has 0 aromatic heterocycles. The Kier molecular flexibility index (Phi) is 5.68. The third-order valence-corrected chi connectivity index (χ3v) is 3.33. The smallest absolute Gasteiger partial charge is 0.276 e. The number of nitrogens with one attached hydrogen (secondary N) is 2. The number of benzene rings is 1. The summed E-state index contributed by atoms with van der Waals surface area (Å²) in [6, 6.07) is 7.38. The Hall–Kier alpha value is -1.75. The van der Waals surface area contributed by atoms with E-state index in [2.05, 4.69) is 38.9 Å². The Morgan fingerprint density at radius 3 is 3.05 bits per heavy atom. The van der Waals surface area contributed by atoms with Gasteiger partial charge in [0.1, 0.15) is 5.75 Å². The third-order valence-electron chi connectivity index (χ3n) is 2.83. The molecule has 0 fully saturated rings. The van der Waals surface area contributed by atoms with Crippen molar-refractivity contribution >= 4 is 21.8 Å². The molecule has 0 spiro atoms. The largest absolute Gasteiger partial charge is 0.484 e. The summed E-state index contributed by atoms with van der Waals surface area (Å²) in [4.78, 5) is 11.6. The molecule has 20 heavy (non-hydrogen) atoms. The highest BCUT2D eigenvalue weighted by atomic mass is 79.9. The number of halogens is 1. The van der Waals surface area contributed by atoms with Crippen LogP contribution in [-0.4, -0.2) is 12.5 Å². The van der Waals surface area contributed by atoms with E-state index in [1.165, 1.54) is 5.57 Å². The predicted octanol–water partition coefficient (Wildman–Crippen LogP) is 3.07. The molecule has 0 bridgehead atoms. The second kappa shape index (κ2) is 7.75. The molecule has 1 aliphatic rings. The summed E-state index contributed by atoms with van der Waals surface area (Å²) in [5, 5.41) is 0. The van der Waals surface area contributed by atoms with Crippen LogP contribution in [0.3, 0.4) is 0 Å². The summed E-state index contributed by atoms with van der Waals surface area (Å²) < 4.78 is 6.30. The summed E-state index contributed by atoms with van der Waals surface area (Å²) in [6.45, 7) is -0.0213. The molecule has 0 saturated heterocycles. The van der Waals surface area contributed by atoms with Gasteiger partial charge in [0.2, 0.25) is 0 Å². The second-order valence-corrected chi connectivity index (χ2v) is 5.37. The van der Waals surface area contributed by atoms with Crippen molar-refractivity contribution in [3.63, 3.8) is 0 Å². The number of amides is 1. The first-order chi connectivity index (χ1) is 9.74. The van der Waals surface area contributed by atoms with Crippen molar-refractivity contribution in [1.82, 2.24) is 10.9 Å². The predicted molar refractivity (Wildman–Crippen MR) is 82.0 cm³/mol. The van der Waals surface area contributed by atoms with Gasteiger partial charge >= 0.3 is 0 Å². The fraction of sp³-hybridized carbons (Fsp3) is 0.267. The molecule has 2 rings (SSSR count). The highest BCUT2D eigenvalue weighted by molar-refractivity contribution is 9.10. The molecule has 0 radical (unpaired) electrons. The van der Waals surface area contributed by atoms with Gasteiger partial charge < -0.3 is 10.2 Å². The number of allylic oxidation sites excluding steroid dienone is 3. The first kappa shape index (κ1) is 14.7. The van der Waals surface area contributed by atoms with Crippen LogP contribution in [0.4, 0.5) is 0 Å². The molecule has 5 heteroatoms. The number of hydrogen-bond donors (Lipinski definition) is 2. The van der Waals surface area contributed by atoms with Crippen LogP contribution in [0.15, 0.2) is 52.7 Å². The van der Waals surface area contributed by atoms with Crippen LogP contribution >= 0.6 is 15.9 Å². The van der Waals surface area contributed by atoms with Gasteiger partial charge in [-0.3, -0.25) is 10.2 Å². The zero-order valence-electron chi connectivity index (χ0n) is 11.1. The fourth-order valence-electron chi connectivity index (χ4n) is 1.81. The highest BCUT2D eigenvalue weighted by Crippen LogP contribution is 2.17. The molecular weight excluding hydrogens is 320 g/mol. The van der Waals surface area contributed by atoms with E-state index in [9.17, 15) is 4.79 Å². The molecule has 0 aliphatic heterocycles. The Morgan fingerprint density at radius 2 is 2.30 bits per heavy atom. The van der Waals surface area contributed by atoms with Crippen molar-refractivity contribution in [1.29, 1.82) is 0 Å². The Bertz CT molecular complexity index is 526. The second-order valence-electron chi connectivity index (χ2n) is 4.46. The number of carbonyl (C=O) groups is 1. The van der Waals surface area contributed by atoms with Crippen molar-refractivity contribution < 1.29 is 9.53 Å². The van der Waals surface area contributed by atoms with Crippen molar-refractivity contribution in [2.24, 2.45) is 0 Å². The van der Waals surface area contributed by atoms with Crippen LogP contribution in [0, 0.1) is 0 Å². The normalized spacial score (nSPS) is 15.9. The summed E-state index contributed by atoms with van der Waals surface area (Å²) in [5.74, 6) is 0.443. The van der Waals surface area contributed by atoms with Gasteiger partial charge in [-0.25, -0.2) is 0 Å². The maximum atomic E-state index is 11.6. The third kappa shape index (κ3) is 5.09. The summed E-state index contributed by atoms with van der Waals surface area (Å²) in [5.41, 5.74) is 6.68. The standard InChI is InChI=1S/C15H17BrN2O2/c16-13-7-4-8-14(9-13)20-11-15(19)18-17-10-12-5-2-1-3-6-12/h1-2,4,7-10,17H,3,5-6,11H2,(H,18,19)/b12-10+. The van der Waals surface area contributed by atoms with Gasteiger partial charge in [-0.05, 0) is 43.0 Å². The van der Waals surface area contributed by atoms with Crippen LogP contribution < -0.4 is 15.6 Å². The van der Waals surface area contributed by atoms with E-state index >= 15 is 0 Å². The molecule has 0 saturated carbocycles. The first-order valence-corrected chi connectivity index (χ1v) is 7.29. The van der Waals surface area contributed by atoms with Crippen LogP contribution in [0.1, 0.15) is 19.3 Å². The molecule has 2 N–H and O–H groups in total. The average Bonchev–Trinajstić information content (AvgIpc) is 2.46. The van der Waals surface area contributed by atoms with Crippen molar-refractivity contribution in [3.8, 4) is 5.75 Å². The topological polar surface area (TPSA) is 50.4 Å². The zero-order chi connectivity index (χ0) is 14.2. The lowest BCUT2D eigenvalue weighted by molar-refractivity contribution is -0.123. The molecule has 0 atom stereocenters. The monoisotopic (exact) mass is 336 g/mol. The summed E-state index contributed by atoms with van der Waals surface area (Å²) >= 11 is 3.35. The van der Waals surface area contributed by atoms with Gasteiger partial charge in [-0.2, -0.15) is 0 Å². The molecular formula is C15H17BrN2O2. The summed E-state index contributed by atoms with van der Waals surface area (Å²) in [6.07, 6.45) is 9.19. The molecule has 0 unspecified atom stereocenters. The van der Waals surface area contributed by atoms with E-state index in [0.29, 0.717) is 5.75 Å². The van der Waals surface area contributed by atoms with Crippen molar-refractivity contribution in [2.75, 3.05) is 6.61 Å². The number of hydrazine groups is 1. The maximum absolute atomic E-state index is 11.6. The molecule has 1 aliphatic carbocycles. The molecule has 1 amide bonds. The lowest BCUT2D eigenvalue weighted by Crippen LogP contribution is -2.37. The Labute approximate surface area is 127 Å². The van der Waals surface area contributed by atoms with E-state index in [-0.39, 0.29) is 12.5 Å². The number of rotatable bonds is 5. The number of ether oxygens (including phenoxy) is 1. The summed E-state index contributed by atoms with van der Waals surface area (Å²) in [7, 11) is 0. The molecule has 0 heterocycles. The van der Waals surface area contributed by atoms with Gasteiger partial charge in [-0.15, -0.1) is 0 Å². The SMILES string of the molecule is O=C(COc1cccc(Br)c1)NN/C=C1\CC=CCC1. The van der Waals surface area contributed by atoms with Crippen LogP contribution in [-0.2, 0) is 4.79 Å². The maximum Gasteiger partial charge on any atom is 0.276 e. The highest BCUT2D eigenvalue weighted by Gasteiger charge is 2.03.